The highest BCUT2D eigenvalue weighted by Crippen LogP contribution is 2.32. The highest BCUT2D eigenvalue weighted by atomic mass is 32.1. The number of rotatable bonds is 9. The smallest absolute Gasteiger partial charge is 0.341 e. The van der Waals surface area contributed by atoms with E-state index in [0.717, 1.165) is 26.7 Å². The second-order valence-corrected chi connectivity index (χ2v) is 7.81. The van der Waals surface area contributed by atoms with Gasteiger partial charge in [-0.3, -0.25) is 4.79 Å². The SMILES string of the molecule is C=CCOc1ccc(C[NH+](C)CC(=O)Nc2sc(C)c(C)c2C(=O)OC)cc1. The van der Waals surface area contributed by atoms with E-state index in [9.17, 15) is 9.59 Å². The van der Waals surface area contributed by atoms with Crippen molar-refractivity contribution in [1.29, 1.82) is 0 Å². The molecule has 0 aliphatic carbocycles. The highest BCUT2D eigenvalue weighted by Gasteiger charge is 2.22. The van der Waals surface area contributed by atoms with E-state index in [1.54, 1.807) is 6.08 Å². The van der Waals surface area contributed by atoms with Crippen LogP contribution in [0.4, 0.5) is 5.00 Å². The van der Waals surface area contributed by atoms with Crippen molar-refractivity contribution in [2.24, 2.45) is 0 Å². The summed E-state index contributed by atoms with van der Waals surface area (Å²) in [5, 5.41) is 3.41. The van der Waals surface area contributed by atoms with Crippen LogP contribution in [0.3, 0.4) is 0 Å². The molecule has 28 heavy (non-hydrogen) atoms. The Balaban J connectivity index is 1.95. The Kier molecular flexibility index (Phi) is 7.78. The van der Waals surface area contributed by atoms with E-state index >= 15 is 0 Å². The number of esters is 1. The summed E-state index contributed by atoms with van der Waals surface area (Å²) in [6.07, 6.45) is 1.70. The van der Waals surface area contributed by atoms with Crippen molar-refractivity contribution < 1.29 is 24.0 Å². The molecule has 150 valence electrons. The zero-order valence-electron chi connectivity index (χ0n) is 16.8. The quantitative estimate of drug-likeness (QED) is 0.498. The maximum absolute atomic E-state index is 12.5. The molecule has 6 nitrogen and oxygen atoms in total. The summed E-state index contributed by atoms with van der Waals surface area (Å²) in [4.78, 5) is 26.5. The lowest BCUT2D eigenvalue weighted by atomic mass is 10.1. The minimum atomic E-state index is -0.434. The fourth-order valence-corrected chi connectivity index (χ4v) is 3.84. The number of amides is 1. The molecule has 0 saturated heterocycles. The van der Waals surface area contributed by atoms with Crippen molar-refractivity contribution in [3.63, 3.8) is 0 Å². The molecule has 0 aliphatic rings. The second-order valence-electron chi connectivity index (χ2n) is 6.58. The van der Waals surface area contributed by atoms with Gasteiger partial charge < -0.3 is 19.7 Å². The molecule has 1 aromatic carbocycles. The maximum atomic E-state index is 12.5. The summed E-state index contributed by atoms with van der Waals surface area (Å²) in [6.45, 7) is 8.85. The largest absolute Gasteiger partial charge is 0.490 e. The second kappa shape index (κ2) is 10.1. The van der Waals surface area contributed by atoms with Crippen LogP contribution in [0.15, 0.2) is 36.9 Å². The molecular formula is C21H27N2O4S+. The molecule has 0 radical (unpaired) electrons. The normalized spacial score (nSPS) is 11.6. The zero-order valence-corrected chi connectivity index (χ0v) is 17.6. The van der Waals surface area contributed by atoms with E-state index in [0.29, 0.717) is 23.7 Å². The number of methoxy groups -OCH3 is 1. The predicted molar refractivity (Wildman–Crippen MR) is 111 cm³/mol. The number of quaternary nitrogens is 1. The molecule has 1 unspecified atom stereocenters. The zero-order chi connectivity index (χ0) is 20.7. The molecule has 7 heteroatoms. The van der Waals surface area contributed by atoms with Crippen molar-refractivity contribution in [2.45, 2.75) is 20.4 Å². The Labute approximate surface area is 169 Å². The number of nitrogens with one attached hydrogen (secondary N) is 2. The third kappa shape index (κ3) is 5.68. The Morgan fingerprint density at radius 1 is 1.25 bits per heavy atom. The molecule has 2 rings (SSSR count). The van der Waals surface area contributed by atoms with Gasteiger partial charge in [-0.05, 0) is 43.7 Å². The lowest BCUT2D eigenvalue weighted by Crippen LogP contribution is -3.08. The van der Waals surface area contributed by atoms with Gasteiger partial charge in [0, 0.05) is 10.4 Å². The lowest BCUT2D eigenvalue weighted by Gasteiger charge is -2.14. The number of benzene rings is 1. The Bertz CT molecular complexity index is 843. The van der Waals surface area contributed by atoms with Gasteiger partial charge in [-0.1, -0.05) is 12.7 Å². The van der Waals surface area contributed by atoms with Gasteiger partial charge in [-0.2, -0.15) is 0 Å². The van der Waals surface area contributed by atoms with Crippen LogP contribution < -0.4 is 15.0 Å². The number of carbonyl (C=O) groups excluding carboxylic acids is 2. The standard InChI is InChI=1S/C21H26N2O4S/c1-6-11-27-17-9-7-16(8-10-17)12-23(4)13-18(24)22-20-19(21(25)26-5)14(2)15(3)28-20/h6-10H,1,11-13H2,2-5H3,(H,22,24)/p+1. The summed E-state index contributed by atoms with van der Waals surface area (Å²) in [7, 11) is 3.29. The van der Waals surface area contributed by atoms with Gasteiger partial charge in [0.2, 0.25) is 0 Å². The molecule has 0 bridgehead atoms. The number of hydrogen-bond donors (Lipinski definition) is 2. The van der Waals surface area contributed by atoms with Crippen LogP contribution in [-0.2, 0) is 16.1 Å². The van der Waals surface area contributed by atoms with Gasteiger partial charge in [-0.25, -0.2) is 4.79 Å². The topological polar surface area (TPSA) is 69.1 Å². The van der Waals surface area contributed by atoms with E-state index in [1.807, 2.05) is 45.2 Å². The summed E-state index contributed by atoms with van der Waals surface area (Å²) in [5.74, 6) is 0.212. The van der Waals surface area contributed by atoms with Gasteiger partial charge in [0.1, 0.15) is 23.9 Å². The molecule has 0 saturated carbocycles. The molecular weight excluding hydrogens is 376 g/mol. The molecule has 1 atom stereocenters. The third-order valence-corrected chi connectivity index (χ3v) is 5.41. The number of carbonyl (C=O) groups is 2. The molecule has 0 aliphatic heterocycles. The molecule has 1 aromatic heterocycles. The van der Waals surface area contributed by atoms with Gasteiger partial charge in [0.15, 0.2) is 6.54 Å². The first-order valence-electron chi connectivity index (χ1n) is 8.97. The van der Waals surface area contributed by atoms with Crippen molar-refractivity contribution in [3.05, 3.63) is 58.5 Å². The molecule has 0 spiro atoms. The van der Waals surface area contributed by atoms with Crippen molar-refractivity contribution in [2.75, 3.05) is 32.6 Å². The van der Waals surface area contributed by atoms with E-state index in [4.69, 9.17) is 9.47 Å². The monoisotopic (exact) mass is 403 g/mol. The minimum absolute atomic E-state index is 0.144. The van der Waals surface area contributed by atoms with Crippen LogP contribution in [0.5, 0.6) is 5.75 Å². The van der Waals surface area contributed by atoms with Crippen LogP contribution in [0.25, 0.3) is 0 Å². The van der Waals surface area contributed by atoms with Gasteiger partial charge in [-0.15, -0.1) is 11.3 Å². The first-order chi connectivity index (χ1) is 13.3. The maximum Gasteiger partial charge on any atom is 0.341 e. The lowest BCUT2D eigenvalue weighted by molar-refractivity contribution is -0.885. The summed E-state index contributed by atoms with van der Waals surface area (Å²) in [6, 6.07) is 7.79. The molecule has 2 N–H and O–H groups in total. The first kappa shape index (κ1) is 21.7. The van der Waals surface area contributed by atoms with Crippen LogP contribution in [0.1, 0.15) is 26.4 Å². The van der Waals surface area contributed by atoms with Crippen LogP contribution in [0, 0.1) is 13.8 Å². The molecule has 1 amide bonds. The molecule has 0 fully saturated rings. The van der Waals surface area contributed by atoms with E-state index < -0.39 is 5.97 Å². The first-order valence-corrected chi connectivity index (χ1v) is 9.79. The van der Waals surface area contributed by atoms with E-state index in [2.05, 4.69) is 11.9 Å². The third-order valence-electron chi connectivity index (χ3n) is 4.29. The van der Waals surface area contributed by atoms with Gasteiger partial charge >= 0.3 is 5.97 Å². The predicted octanol–water partition coefficient (Wildman–Crippen LogP) is 2.37. The van der Waals surface area contributed by atoms with Gasteiger partial charge in [0.25, 0.3) is 5.91 Å². The number of aryl methyl sites for hydroxylation is 1. The fraction of sp³-hybridized carbons (Fsp3) is 0.333. The van der Waals surface area contributed by atoms with Crippen LogP contribution >= 0.6 is 11.3 Å². The number of anilines is 1. The number of thiophene rings is 1. The highest BCUT2D eigenvalue weighted by molar-refractivity contribution is 7.16. The Morgan fingerprint density at radius 2 is 1.93 bits per heavy atom. The summed E-state index contributed by atoms with van der Waals surface area (Å²) < 4.78 is 10.3. The van der Waals surface area contributed by atoms with Crippen molar-refractivity contribution >= 4 is 28.2 Å². The Morgan fingerprint density at radius 3 is 2.54 bits per heavy atom. The van der Waals surface area contributed by atoms with Crippen molar-refractivity contribution in [1.82, 2.24) is 0 Å². The summed E-state index contributed by atoms with van der Waals surface area (Å²) >= 11 is 1.39. The number of hydrogen-bond acceptors (Lipinski definition) is 5. The summed E-state index contributed by atoms with van der Waals surface area (Å²) in [5.41, 5.74) is 2.38. The fourth-order valence-electron chi connectivity index (χ4n) is 2.78. The number of ether oxygens (including phenoxy) is 2. The average molecular weight is 404 g/mol. The Hall–Kier alpha value is -2.64. The van der Waals surface area contributed by atoms with Gasteiger partial charge in [0.05, 0.1) is 19.7 Å². The molecule has 2 aromatic rings. The van der Waals surface area contributed by atoms with Crippen LogP contribution in [0.2, 0.25) is 0 Å². The number of likely N-dealkylation sites (N-methyl/N-ethyl adjacent to an activating group) is 1. The van der Waals surface area contributed by atoms with Crippen molar-refractivity contribution in [3.8, 4) is 5.75 Å². The molecule has 1 heterocycles. The minimum Gasteiger partial charge on any atom is -0.490 e. The average Bonchev–Trinajstić information content (AvgIpc) is 2.93. The van der Waals surface area contributed by atoms with E-state index in [1.165, 1.54) is 18.4 Å². The van der Waals surface area contributed by atoms with Crippen LogP contribution in [-0.4, -0.2) is 39.2 Å². The van der Waals surface area contributed by atoms with E-state index in [-0.39, 0.29) is 12.5 Å².